The minimum Gasteiger partial charge on any atom is -0.309 e. The fraction of sp³-hybridized carbons (Fsp3) is 0.455. The first-order valence-electron chi connectivity index (χ1n) is 4.77. The molecule has 0 aromatic carbocycles. The molecule has 74 valence electrons. The largest absolute Gasteiger partial charge is 0.309 e. The van der Waals surface area contributed by atoms with Gasteiger partial charge in [0.15, 0.2) is 0 Å². The molecule has 0 amide bonds. The Morgan fingerprint density at radius 3 is 2.64 bits per heavy atom. The van der Waals surface area contributed by atoms with Gasteiger partial charge >= 0.3 is 0 Å². The first kappa shape index (κ1) is 10.7. The lowest BCUT2D eigenvalue weighted by Gasteiger charge is -2.14. The monoisotopic (exact) mass is 189 g/mol. The molecule has 0 aliphatic heterocycles. The molecule has 0 bridgehead atoms. The molecule has 0 fully saturated rings. The van der Waals surface area contributed by atoms with Crippen LogP contribution < -0.4 is 5.32 Å². The summed E-state index contributed by atoms with van der Waals surface area (Å²) in [5.41, 5.74) is 1.20. The third-order valence-corrected chi connectivity index (χ3v) is 2.16. The van der Waals surface area contributed by atoms with Gasteiger partial charge in [-0.1, -0.05) is 0 Å². The Bertz CT molecular complexity index is 302. The van der Waals surface area contributed by atoms with Crippen molar-refractivity contribution in [3.05, 3.63) is 30.1 Å². The van der Waals surface area contributed by atoms with E-state index in [0.717, 1.165) is 6.54 Å². The van der Waals surface area contributed by atoms with E-state index < -0.39 is 0 Å². The fourth-order valence-electron chi connectivity index (χ4n) is 1.17. The summed E-state index contributed by atoms with van der Waals surface area (Å²) in [5, 5.41) is 11.9. The van der Waals surface area contributed by atoms with Crippen molar-refractivity contribution in [3.63, 3.8) is 0 Å². The molecule has 1 heterocycles. The van der Waals surface area contributed by atoms with E-state index in [2.05, 4.69) is 23.3 Å². The van der Waals surface area contributed by atoms with Gasteiger partial charge < -0.3 is 5.32 Å². The lowest BCUT2D eigenvalue weighted by atomic mass is 10.1. The van der Waals surface area contributed by atoms with E-state index in [1.807, 2.05) is 19.1 Å². The molecule has 1 aromatic rings. The van der Waals surface area contributed by atoms with Crippen LogP contribution in [-0.2, 0) is 0 Å². The van der Waals surface area contributed by atoms with Gasteiger partial charge in [-0.05, 0) is 31.5 Å². The summed E-state index contributed by atoms with van der Waals surface area (Å²) in [6.45, 7) is 4.71. The van der Waals surface area contributed by atoms with Crippen LogP contribution in [0.2, 0.25) is 0 Å². The Morgan fingerprint density at radius 1 is 1.43 bits per heavy atom. The Kier molecular flexibility index (Phi) is 4.09. The molecule has 3 heteroatoms. The van der Waals surface area contributed by atoms with Gasteiger partial charge in [0, 0.05) is 25.0 Å². The second-order valence-electron chi connectivity index (χ2n) is 3.44. The molecule has 0 radical (unpaired) electrons. The van der Waals surface area contributed by atoms with Crippen LogP contribution in [0.4, 0.5) is 0 Å². The van der Waals surface area contributed by atoms with Gasteiger partial charge in [0.1, 0.15) is 0 Å². The van der Waals surface area contributed by atoms with Crippen molar-refractivity contribution in [1.29, 1.82) is 5.26 Å². The topological polar surface area (TPSA) is 48.7 Å². The smallest absolute Gasteiger partial charge is 0.0666 e. The van der Waals surface area contributed by atoms with E-state index in [0.29, 0.717) is 0 Å². The summed E-state index contributed by atoms with van der Waals surface area (Å²) >= 11 is 0. The number of nitriles is 1. The number of hydrogen-bond acceptors (Lipinski definition) is 3. The summed E-state index contributed by atoms with van der Waals surface area (Å²) in [6.07, 6.45) is 3.56. The SMILES string of the molecule is CC(C#N)CNC(C)c1ccncc1. The normalized spacial score (nSPS) is 14.4. The average Bonchev–Trinajstić information content (AvgIpc) is 2.26. The Labute approximate surface area is 84.8 Å². The van der Waals surface area contributed by atoms with E-state index in [1.165, 1.54) is 5.56 Å². The molecule has 0 aliphatic carbocycles. The third kappa shape index (κ3) is 3.15. The van der Waals surface area contributed by atoms with Crippen LogP contribution in [0.1, 0.15) is 25.5 Å². The van der Waals surface area contributed by atoms with Crippen molar-refractivity contribution >= 4 is 0 Å². The van der Waals surface area contributed by atoms with Gasteiger partial charge in [-0.2, -0.15) is 5.26 Å². The first-order chi connectivity index (χ1) is 6.74. The standard InChI is InChI=1S/C11H15N3/c1-9(7-12)8-14-10(2)11-3-5-13-6-4-11/h3-6,9-10,14H,8H2,1-2H3. The van der Waals surface area contributed by atoms with E-state index >= 15 is 0 Å². The van der Waals surface area contributed by atoms with Crippen molar-refractivity contribution in [2.45, 2.75) is 19.9 Å². The lowest BCUT2D eigenvalue weighted by Crippen LogP contribution is -2.23. The van der Waals surface area contributed by atoms with Gasteiger partial charge in [0.25, 0.3) is 0 Å². The van der Waals surface area contributed by atoms with E-state index in [-0.39, 0.29) is 12.0 Å². The zero-order valence-electron chi connectivity index (χ0n) is 8.57. The highest BCUT2D eigenvalue weighted by Gasteiger charge is 2.05. The van der Waals surface area contributed by atoms with Gasteiger partial charge in [-0.3, -0.25) is 4.98 Å². The number of aromatic nitrogens is 1. The Balaban J connectivity index is 2.44. The molecule has 1 N–H and O–H groups in total. The number of pyridine rings is 1. The van der Waals surface area contributed by atoms with Crippen LogP contribution in [0.3, 0.4) is 0 Å². The van der Waals surface area contributed by atoms with Crippen LogP contribution in [0.25, 0.3) is 0 Å². The van der Waals surface area contributed by atoms with Gasteiger partial charge in [0.05, 0.1) is 12.0 Å². The number of hydrogen-bond donors (Lipinski definition) is 1. The van der Waals surface area contributed by atoms with E-state index in [9.17, 15) is 0 Å². The summed E-state index contributed by atoms with van der Waals surface area (Å²) in [5.74, 6) is 0.0549. The lowest BCUT2D eigenvalue weighted by molar-refractivity contribution is 0.527. The highest BCUT2D eigenvalue weighted by molar-refractivity contribution is 5.13. The van der Waals surface area contributed by atoms with Crippen molar-refractivity contribution in [2.24, 2.45) is 5.92 Å². The second-order valence-corrected chi connectivity index (χ2v) is 3.44. The molecule has 1 rings (SSSR count). The summed E-state index contributed by atoms with van der Waals surface area (Å²) in [6, 6.07) is 6.43. The molecule has 3 nitrogen and oxygen atoms in total. The zero-order chi connectivity index (χ0) is 10.4. The molecular formula is C11H15N3. The molecule has 14 heavy (non-hydrogen) atoms. The predicted octanol–water partition coefficient (Wildman–Crippen LogP) is 1.89. The van der Waals surface area contributed by atoms with Crippen LogP contribution in [0.5, 0.6) is 0 Å². The minimum absolute atomic E-state index is 0.0549. The molecule has 2 atom stereocenters. The Hall–Kier alpha value is -1.40. The maximum atomic E-state index is 8.62. The number of rotatable bonds is 4. The maximum Gasteiger partial charge on any atom is 0.0666 e. The maximum absolute atomic E-state index is 8.62. The quantitative estimate of drug-likeness (QED) is 0.786. The number of nitrogens with zero attached hydrogens (tertiary/aromatic N) is 2. The molecule has 0 saturated heterocycles. The van der Waals surface area contributed by atoms with Crippen LogP contribution >= 0.6 is 0 Å². The molecule has 0 saturated carbocycles. The van der Waals surface area contributed by atoms with Crippen molar-refractivity contribution < 1.29 is 0 Å². The molecule has 0 spiro atoms. The molecular weight excluding hydrogens is 174 g/mol. The zero-order valence-corrected chi connectivity index (χ0v) is 8.57. The van der Waals surface area contributed by atoms with Crippen LogP contribution in [0, 0.1) is 17.2 Å². The highest BCUT2D eigenvalue weighted by atomic mass is 14.9. The molecule has 0 aliphatic rings. The summed E-state index contributed by atoms with van der Waals surface area (Å²) in [7, 11) is 0. The van der Waals surface area contributed by atoms with Crippen LogP contribution in [0.15, 0.2) is 24.5 Å². The first-order valence-corrected chi connectivity index (χ1v) is 4.77. The van der Waals surface area contributed by atoms with Gasteiger partial charge in [0.2, 0.25) is 0 Å². The summed E-state index contributed by atoms with van der Waals surface area (Å²) < 4.78 is 0. The fourth-order valence-corrected chi connectivity index (χ4v) is 1.17. The van der Waals surface area contributed by atoms with E-state index in [4.69, 9.17) is 5.26 Å². The van der Waals surface area contributed by atoms with Crippen molar-refractivity contribution in [1.82, 2.24) is 10.3 Å². The van der Waals surface area contributed by atoms with Gasteiger partial charge in [-0.15, -0.1) is 0 Å². The average molecular weight is 189 g/mol. The molecule has 1 aromatic heterocycles. The van der Waals surface area contributed by atoms with Crippen molar-refractivity contribution in [3.8, 4) is 6.07 Å². The van der Waals surface area contributed by atoms with Crippen LogP contribution in [-0.4, -0.2) is 11.5 Å². The van der Waals surface area contributed by atoms with Crippen molar-refractivity contribution in [2.75, 3.05) is 6.54 Å². The van der Waals surface area contributed by atoms with Gasteiger partial charge in [-0.25, -0.2) is 0 Å². The summed E-state index contributed by atoms with van der Waals surface area (Å²) in [4.78, 5) is 3.96. The molecule has 2 unspecified atom stereocenters. The highest BCUT2D eigenvalue weighted by Crippen LogP contribution is 2.10. The second kappa shape index (κ2) is 5.36. The van der Waals surface area contributed by atoms with E-state index in [1.54, 1.807) is 12.4 Å². The number of nitrogens with one attached hydrogen (secondary N) is 1. The minimum atomic E-state index is 0.0549. The Morgan fingerprint density at radius 2 is 2.07 bits per heavy atom. The predicted molar refractivity (Wildman–Crippen MR) is 55.4 cm³/mol. The third-order valence-electron chi connectivity index (χ3n) is 2.16.